The average Bonchev–Trinajstić information content (AvgIpc) is 2.88. The number of piperidine rings is 1. The summed E-state index contributed by atoms with van der Waals surface area (Å²) in [6.07, 6.45) is 4.45. The van der Waals surface area contributed by atoms with Crippen molar-refractivity contribution in [3.8, 4) is 0 Å². The third-order valence-electron chi connectivity index (χ3n) is 4.97. The van der Waals surface area contributed by atoms with Gasteiger partial charge in [0.2, 0.25) is 0 Å². The van der Waals surface area contributed by atoms with Gasteiger partial charge in [0, 0.05) is 24.7 Å². The van der Waals surface area contributed by atoms with Gasteiger partial charge in [-0.05, 0) is 38.6 Å². The van der Waals surface area contributed by atoms with Crippen LogP contribution in [-0.2, 0) is 9.53 Å². The average molecular weight is 302 g/mol. The lowest BCUT2D eigenvalue weighted by Gasteiger charge is -2.38. The van der Waals surface area contributed by atoms with E-state index in [1.54, 1.807) is 0 Å². The highest BCUT2D eigenvalue weighted by Crippen LogP contribution is 2.34. The SMILES string of the molecule is CCCN(CC1CC(F)(F)C(=O)O1)C1CC2CCC(C1)N2. The van der Waals surface area contributed by atoms with E-state index in [0.717, 1.165) is 25.8 Å². The quantitative estimate of drug-likeness (QED) is 0.788. The number of cyclic esters (lactones) is 1. The van der Waals surface area contributed by atoms with E-state index in [2.05, 4.69) is 17.1 Å². The Kier molecular flexibility index (Phi) is 4.19. The van der Waals surface area contributed by atoms with Gasteiger partial charge in [0.25, 0.3) is 0 Å². The summed E-state index contributed by atoms with van der Waals surface area (Å²) in [7, 11) is 0. The molecule has 0 aliphatic carbocycles. The fourth-order valence-electron chi connectivity index (χ4n) is 4.05. The molecule has 3 unspecified atom stereocenters. The third-order valence-corrected chi connectivity index (χ3v) is 4.97. The number of halogens is 2. The Morgan fingerprint density at radius 2 is 2.00 bits per heavy atom. The Morgan fingerprint density at radius 3 is 2.52 bits per heavy atom. The van der Waals surface area contributed by atoms with Gasteiger partial charge in [-0.1, -0.05) is 6.92 Å². The van der Waals surface area contributed by atoms with Crippen LogP contribution < -0.4 is 5.32 Å². The number of nitrogens with one attached hydrogen (secondary N) is 1. The molecule has 0 radical (unpaired) electrons. The maximum atomic E-state index is 13.3. The van der Waals surface area contributed by atoms with Crippen LogP contribution in [0.4, 0.5) is 8.78 Å². The highest BCUT2D eigenvalue weighted by molar-refractivity contribution is 5.79. The van der Waals surface area contributed by atoms with E-state index in [9.17, 15) is 13.6 Å². The molecule has 3 atom stereocenters. The molecule has 0 spiro atoms. The molecule has 2 bridgehead atoms. The van der Waals surface area contributed by atoms with Gasteiger partial charge in [-0.15, -0.1) is 0 Å². The predicted octanol–water partition coefficient (Wildman–Crippen LogP) is 1.93. The van der Waals surface area contributed by atoms with E-state index in [0.29, 0.717) is 24.7 Å². The van der Waals surface area contributed by atoms with Crippen molar-refractivity contribution in [1.29, 1.82) is 0 Å². The summed E-state index contributed by atoms with van der Waals surface area (Å²) in [6.45, 7) is 3.42. The number of fused-ring (bicyclic) bond motifs is 2. The van der Waals surface area contributed by atoms with Crippen molar-refractivity contribution < 1.29 is 18.3 Å². The van der Waals surface area contributed by atoms with E-state index in [-0.39, 0.29) is 0 Å². The lowest BCUT2D eigenvalue weighted by atomic mass is 9.97. The number of carbonyl (C=O) groups is 1. The van der Waals surface area contributed by atoms with Gasteiger partial charge >= 0.3 is 11.9 Å². The molecule has 3 rings (SSSR count). The number of rotatable bonds is 5. The first-order chi connectivity index (χ1) is 9.98. The fraction of sp³-hybridized carbons (Fsp3) is 0.933. The maximum absolute atomic E-state index is 13.3. The van der Waals surface area contributed by atoms with Gasteiger partial charge < -0.3 is 10.1 Å². The maximum Gasteiger partial charge on any atom is 0.377 e. The minimum atomic E-state index is -3.30. The number of alkyl halides is 2. The zero-order valence-electron chi connectivity index (χ0n) is 12.5. The Labute approximate surface area is 124 Å². The number of carbonyl (C=O) groups excluding carboxylic acids is 1. The molecule has 3 heterocycles. The van der Waals surface area contributed by atoms with Gasteiger partial charge in [0.05, 0.1) is 6.42 Å². The number of hydrogen-bond donors (Lipinski definition) is 1. The van der Waals surface area contributed by atoms with Gasteiger partial charge in [0.15, 0.2) is 0 Å². The Bertz CT molecular complexity index is 393. The van der Waals surface area contributed by atoms with Gasteiger partial charge in [-0.3, -0.25) is 4.90 Å². The van der Waals surface area contributed by atoms with Gasteiger partial charge in [0.1, 0.15) is 6.10 Å². The molecule has 6 heteroatoms. The van der Waals surface area contributed by atoms with Crippen LogP contribution in [0.2, 0.25) is 0 Å². The summed E-state index contributed by atoms with van der Waals surface area (Å²) in [4.78, 5) is 13.4. The predicted molar refractivity (Wildman–Crippen MR) is 74.3 cm³/mol. The molecule has 3 aliphatic heterocycles. The highest BCUT2D eigenvalue weighted by Gasteiger charge is 2.51. The molecule has 0 aromatic carbocycles. The van der Waals surface area contributed by atoms with Crippen molar-refractivity contribution in [3.05, 3.63) is 0 Å². The van der Waals surface area contributed by atoms with Crippen LogP contribution in [0.5, 0.6) is 0 Å². The van der Waals surface area contributed by atoms with Crippen LogP contribution in [0, 0.1) is 0 Å². The molecule has 3 fully saturated rings. The molecule has 1 N–H and O–H groups in total. The monoisotopic (exact) mass is 302 g/mol. The van der Waals surface area contributed by atoms with Crippen molar-refractivity contribution in [2.45, 2.75) is 75.6 Å². The number of ether oxygens (including phenoxy) is 1. The van der Waals surface area contributed by atoms with Crippen LogP contribution in [-0.4, -0.2) is 54.1 Å². The number of esters is 1. The van der Waals surface area contributed by atoms with Crippen LogP contribution in [0.15, 0.2) is 0 Å². The molecule has 0 aromatic heterocycles. The summed E-state index contributed by atoms with van der Waals surface area (Å²) in [5.74, 6) is -4.65. The van der Waals surface area contributed by atoms with Crippen molar-refractivity contribution in [2.75, 3.05) is 13.1 Å². The van der Waals surface area contributed by atoms with Gasteiger partial charge in [-0.25, -0.2) is 4.79 Å². The molecule has 4 nitrogen and oxygen atoms in total. The molecule has 0 amide bonds. The molecule has 21 heavy (non-hydrogen) atoms. The van der Waals surface area contributed by atoms with Crippen molar-refractivity contribution >= 4 is 5.97 Å². The third kappa shape index (κ3) is 3.21. The summed E-state index contributed by atoms with van der Waals surface area (Å²) in [5.41, 5.74) is 0. The van der Waals surface area contributed by atoms with E-state index in [4.69, 9.17) is 4.74 Å². The van der Waals surface area contributed by atoms with Crippen molar-refractivity contribution in [1.82, 2.24) is 10.2 Å². The minimum Gasteiger partial charge on any atom is -0.456 e. The molecule has 0 saturated carbocycles. The van der Waals surface area contributed by atoms with Crippen LogP contribution in [0.1, 0.15) is 45.4 Å². The Hall–Kier alpha value is -0.750. The largest absolute Gasteiger partial charge is 0.456 e. The molecule has 3 aliphatic rings. The van der Waals surface area contributed by atoms with E-state index < -0.39 is 24.4 Å². The van der Waals surface area contributed by atoms with Crippen LogP contribution >= 0.6 is 0 Å². The van der Waals surface area contributed by atoms with Crippen molar-refractivity contribution in [2.24, 2.45) is 0 Å². The molecule has 3 saturated heterocycles. The normalized spacial score (nSPS) is 38.0. The zero-order valence-corrected chi connectivity index (χ0v) is 12.5. The van der Waals surface area contributed by atoms with E-state index in [1.165, 1.54) is 12.8 Å². The van der Waals surface area contributed by atoms with Crippen LogP contribution in [0.3, 0.4) is 0 Å². The second kappa shape index (κ2) is 5.80. The number of hydrogen-bond acceptors (Lipinski definition) is 4. The lowest BCUT2D eigenvalue weighted by Crippen LogP contribution is -2.50. The zero-order chi connectivity index (χ0) is 15.0. The second-order valence-electron chi connectivity index (χ2n) is 6.69. The summed E-state index contributed by atoms with van der Waals surface area (Å²) >= 11 is 0. The van der Waals surface area contributed by atoms with Gasteiger partial charge in [-0.2, -0.15) is 8.78 Å². The Morgan fingerprint density at radius 1 is 1.33 bits per heavy atom. The molecule has 120 valence electrons. The molecular formula is C15H24F2N2O2. The second-order valence-corrected chi connectivity index (χ2v) is 6.69. The number of nitrogens with zero attached hydrogens (tertiary/aromatic N) is 1. The summed E-state index contributed by atoms with van der Waals surface area (Å²) in [5, 5.41) is 3.60. The highest BCUT2D eigenvalue weighted by atomic mass is 19.3. The van der Waals surface area contributed by atoms with Crippen molar-refractivity contribution in [3.63, 3.8) is 0 Å². The topological polar surface area (TPSA) is 41.6 Å². The fourth-order valence-corrected chi connectivity index (χ4v) is 4.05. The first kappa shape index (κ1) is 15.2. The standard InChI is InChI=1S/C15H24F2N2O2/c1-2-5-19(9-13-8-15(16,17)14(20)21-13)12-6-10-3-4-11(7-12)18-10/h10-13,18H,2-9H2,1H3. The van der Waals surface area contributed by atoms with Crippen LogP contribution in [0.25, 0.3) is 0 Å². The molecular weight excluding hydrogens is 278 g/mol. The summed E-state index contributed by atoms with van der Waals surface area (Å²) in [6, 6.07) is 1.57. The van der Waals surface area contributed by atoms with E-state index in [1.807, 2.05) is 0 Å². The lowest BCUT2D eigenvalue weighted by molar-refractivity contribution is -0.159. The minimum absolute atomic E-state index is 0.427. The van der Waals surface area contributed by atoms with E-state index >= 15 is 0 Å². The first-order valence-corrected chi connectivity index (χ1v) is 8.07. The molecule has 0 aromatic rings. The summed E-state index contributed by atoms with van der Waals surface area (Å²) < 4.78 is 31.5. The first-order valence-electron chi connectivity index (χ1n) is 8.07. The Balaban J connectivity index is 1.61. The smallest absolute Gasteiger partial charge is 0.377 e.